The van der Waals surface area contributed by atoms with Crippen molar-refractivity contribution in [1.29, 1.82) is 0 Å². The van der Waals surface area contributed by atoms with Crippen molar-refractivity contribution in [2.24, 2.45) is 5.92 Å². The maximum atomic E-state index is 12.6. The second kappa shape index (κ2) is 14.6. The first-order valence-electron chi connectivity index (χ1n) is 11.0. The van der Waals surface area contributed by atoms with Crippen LogP contribution in [0.25, 0.3) is 0 Å². The third kappa shape index (κ3) is 10.2. The van der Waals surface area contributed by atoms with E-state index in [2.05, 4.69) is 17.4 Å². The maximum Gasteiger partial charge on any atom is 0.412 e. The van der Waals surface area contributed by atoms with Crippen molar-refractivity contribution >= 4 is 24.7 Å². The predicted molar refractivity (Wildman–Crippen MR) is 128 cm³/mol. The van der Waals surface area contributed by atoms with Gasteiger partial charge in [-0.05, 0) is 31.7 Å². The molecule has 0 aliphatic rings. The molecule has 180 valence electrons. The van der Waals surface area contributed by atoms with E-state index in [1.54, 1.807) is 13.0 Å². The van der Waals surface area contributed by atoms with Crippen molar-refractivity contribution in [2.45, 2.75) is 52.6 Å². The molecule has 0 unspecified atom stereocenters. The Kier molecular flexibility index (Phi) is 12.2. The van der Waals surface area contributed by atoms with E-state index in [1.165, 1.54) is 24.0 Å². The molecule has 0 fully saturated rings. The molecule has 3 atom stereocenters. The molecule has 0 radical (unpaired) electrons. The zero-order valence-corrected chi connectivity index (χ0v) is 20.2. The van der Waals surface area contributed by atoms with E-state index in [0.717, 1.165) is 5.56 Å². The van der Waals surface area contributed by atoms with Gasteiger partial charge in [-0.1, -0.05) is 56.7 Å². The highest BCUT2D eigenvalue weighted by Crippen LogP contribution is 2.11. The Morgan fingerprint density at radius 3 is 2.39 bits per heavy atom. The van der Waals surface area contributed by atoms with E-state index in [9.17, 15) is 14.4 Å². The average Bonchev–Trinajstić information content (AvgIpc) is 2.81. The van der Waals surface area contributed by atoms with Gasteiger partial charge in [-0.25, -0.2) is 9.59 Å². The van der Waals surface area contributed by atoms with Crippen molar-refractivity contribution in [3.05, 3.63) is 59.8 Å². The number of nitrogens with one attached hydrogen (secondary N) is 2. The Hall–Kier alpha value is -3.42. The fraction of sp³-hybridized carbons (Fsp3) is 0.440. The Bertz CT molecular complexity index is 864. The molecular weight excluding hydrogens is 422 g/mol. The summed E-state index contributed by atoms with van der Waals surface area (Å²) >= 11 is 0. The van der Waals surface area contributed by atoms with Crippen LogP contribution < -0.4 is 10.6 Å². The normalized spacial score (nSPS) is 14.2. The molecule has 0 heterocycles. The van der Waals surface area contributed by atoms with Crippen molar-refractivity contribution in [3.63, 3.8) is 0 Å². The molecule has 0 bridgehead atoms. The minimum atomic E-state index is -0.739. The molecule has 1 aromatic rings. The van der Waals surface area contributed by atoms with Crippen LogP contribution in [0.1, 0.15) is 39.7 Å². The standard InChI is InChI=1S/C25H35N3O5/c1-7-18(3)22(24(30)32-6)27-23(29)21(8-2)14-15-28(5)17-33-25(31)26-19(4)16-20-12-10-9-11-13-20/h8-15,18-19,22H,5,7,16-17H2,1-4,6H3,(H-,26,27,29,31)/p+1/b15-14-,21-8+/t18-,19-,22-/m0/s1. The highest BCUT2D eigenvalue weighted by molar-refractivity contribution is 5.98. The molecule has 0 saturated carbocycles. The first-order valence-corrected chi connectivity index (χ1v) is 11.0. The number of esters is 1. The number of methoxy groups -OCH3 is 1. The van der Waals surface area contributed by atoms with E-state index in [-0.39, 0.29) is 18.7 Å². The van der Waals surface area contributed by atoms with Crippen LogP contribution >= 0.6 is 0 Å². The Balaban J connectivity index is 2.54. The van der Waals surface area contributed by atoms with Crippen LogP contribution in [0.2, 0.25) is 0 Å². The van der Waals surface area contributed by atoms with Crippen molar-refractivity contribution in [2.75, 3.05) is 13.8 Å². The van der Waals surface area contributed by atoms with Crippen LogP contribution in [0.4, 0.5) is 4.79 Å². The van der Waals surface area contributed by atoms with Crippen molar-refractivity contribution in [3.8, 4) is 0 Å². The molecule has 0 aromatic heterocycles. The molecule has 0 spiro atoms. The molecule has 2 amide bonds. The number of carbonyl (C=O) groups is 3. The van der Waals surface area contributed by atoms with E-state index in [1.807, 2.05) is 51.1 Å². The molecule has 0 aliphatic heterocycles. The van der Waals surface area contributed by atoms with Gasteiger partial charge in [0.25, 0.3) is 12.6 Å². The van der Waals surface area contributed by atoms with Crippen LogP contribution in [0.15, 0.2) is 54.3 Å². The van der Waals surface area contributed by atoms with Crippen LogP contribution in [0.3, 0.4) is 0 Å². The average molecular weight is 459 g/mol. The monoisotopic (exact) mass is 458 g/mol. The second-order valence-corrected chi connectivity index (χ2v) is 7.80. The Morgan fingerprint density at radius 2 is 1.82 bits per heavy atom. The molecule has 0 saturated heterocycles. The highest BCUT2D eigenvalue weighted by atomic mass is 16.6. The third-order valence-electron chi connectivity index (χ3n) is 5.10. The van der Waals surface area contributed by atoms with E-state index in [0.29, 0.717) is 18.4 Å². The fourth-order valence-corrected chi connectivity index (χ4v) is 2.96. The Labute approximate surface area is 196 Å². The second-order valence-electron chi connectivity index (χ2n) is 7.80. The van der Waals surface area contributed by atoms with E-state index in [4.69, 9.17) is 9.47 Å². The molecule has 0 aliphatic carbocycles. The topological polar surface area (TPSA) is 96.7 Å². The number of carbonyl (C=O) groups excluding carboxylic acids is 3. The van der Waals surface area contributed by atoms with Crippen LogP contribution in [-0.2, 0) is 25.5 Å². The van der Waals surface area contributed by atoms with Gasteiger partial charge in [0.05, 0.1) is 7.11 Å². The first kappa shape index (κ1) is 27.6. The zero-order chi connectivity index (χ0) is 24.8. The fourth-order valence-electron chi connectivity index (χ4n) is 2.96. The SMILES string of the molecule is C=[N+](/C=C\C(=C/C)C(=O)N[C@H](C(=O)OC)[C@@H](C)CC)COC(=O)N[C@@H](C)Cc1ccccc1. The summed E-state index contributed by atoms with van der Waals surface area (Å²) in [6, 6.07) is 9.00. The lowest BCUT2D eigenvalue weighted by Crippen LogP contribution is -2.46. The van der Waals surface area contributed by atoms with Crippen LogP contribution in [-0.4, -0.2) is 55.2 Å². The first-order chi connectivity index (χ1) is 15.7. The summed E-state index contributed by atoms with van der Waals surface area (Å²) in [5, 5.41) is 5.49. The van der Waals surface area contributed by atoms with Gasteiger partial charge >= 0.3 is 12.1 Å². The minimum absolute atomic E-state index is 0.0796. The van der Waals surface area contributed by atoms with Gasteiger partial charge in [0.15, 0.2) is 6.20 Å². The summed E-state index contributed by atoms with van der Waals surface area (Å²) < 4.78 is 11.4. The van der Waals surface area contributed by atoms with Gasteiger partial charge in [0, 0.05) is 17.7 Å². The summed E-state index contributed by atoms with van der Waals surface area (Å²) in [4.78, 5) is 36.6. The van der Waals surface area contributed by atoms with Crippen molar-refractivity contribution in [1.82, 2.24) is 10.6 Å². The molecule has 8 heteroatoms. The van der Waals surface area contributed by atoms with E-state index < -0.39 is 24.0 Å². The van der Waals surface area contributed by atoms with Gasteiger partial charge in [-0.2, -0.15) is 4.58 Å². The van der Waals surface area contributed by atoms with Gasteiger partial charge in [-0.3, -0.25) is 4.79 Å². The summed E-state index contributed by atoms with van der Waals surface area (Å²) in [6.45, 7) is 11.1. The van der Waals surface area contributed by atoms with Crippen molar-refractivity contribution < 1.29 is 28.4 Å². The molecule has 1 aromatic carbocycles. The van der Waals surface area contributed by atoms with E-state index >= 15 is 0 Å². The van der Waals surface area contributed by atoms with Gasteiger partial charge in [0.1, 0.15) is 12.8 Å². The number of nitrogens with zero attached hydrogens (tertiary/aromatic N) is 1. The number of benzene rings is 1. The van der Waals surface area contributed by atoms with Gasteiger partial charge < -0.3 is 20.1 Å². The molecule has 1 rings (SSSR count). The smallest absolute Gasteiger partial charge is 0.412 e. The van der Waals surface area contributed by atoms with Gasteiger partial charge in [0.2, 0.25) is 0 Å². The zero-order valence-electron chi connectivity index (χ0n) is 20.2. The number of hydrogen-bond acceptors (Lipinski definition) is 5. The van der Waals surface area contributed by atoms with Gasteiger partial charge in [-0.15, -0.1) is 0 Å². The number of ether oxygens (including phenoxy) is 2. The quantitative estimate of drug-likeness (QED) is 0.125. The number of hydrogen-bond donors (Lipinski definition) is 2. The lowest BCUT2D eigenvalue weighted by molar-refractivity contribution is -0.488. The lowest BCUT2D eigenvalue weighted by atomic mass is 9.99. The molecule has 8 nitrogen and oxygen atoms in total. The lowest BCUT2D eigenvalue weighted by Gasteiger charge is -2.21. The number of rotatable bonds is 12. The number of allylic oxidation sites excluding steroid dienone is 1. The molecule has 33 heavy (non-hydrogen) atoms. The predicted octanol–water partition coefficient (Wildman–Crippen LogP) is 3.18. The summed E-state index contributed by atoms with van der Waals surface area (Å²) in [7, 11) is 1.29. The largest absolute Gasteiger partial charge is 0.467 e. The van der Waals surface area contributed by atoms with Crippen LogP contribution in [0.5, 0.6) is 0 Å². The number of alkyl carbamates (subject to hydrolysis) is 1. The van der Waals surface area contributed by atoms with Crippen LogP contribution in [0, 0.1) is 5.92 Å². The Morgan fingerprint density at radius 1 is 1.15 bits per heavy atom. The molecular formula is C25H36N3O5+. The highest BCUT2D eigenvalue weighted by Gasteiger charge is 2.27. The summed E-state index contributed by atoms with van der Waals surface area (Å²) in [5.41, 5.74) is 1.45. The summed E-state index contributed by atoms with van der Waals surface area (Å²) in [6.07, 6.45) is 5.51. The number of amides is 2. The minimum Gasteiger partial charge on any atom is -0.467 e. The third-order valence-corrected chi connectivity index (χ3v) is 5.10. The summed E-state index contributed by atoms with van der Waals surface area (Å²) in [5.74, 6) is -0.980. The molecule has 2 N–H and O–H groups in total. The maximum absolute atomic E-state index is 12.6.